The Hall–Kier alpha value is -6.96. The van der Waals surface area contributed by atoms with E-state index in [2.05, 4.69) is 233 Å². The predicted molar refractivity (Wildman–Crippen MR) is 251 cm³/mol. The third-order valence-corrected chi connectivity index (χ3v) is 14.3. The Balaban J connectivity index is 1.22. The maximum Gasteiger partial charge on any atom is 0.0714 e. The van der Waals surface area contributed by atoms with Gasteiger partial charge in [0.2, 0.25) is 0 Å². The Morgan fingerprint density at radius 3 is 1.57 bits per heavy atom. The van der Waals surface area contributed by atoms with Crippen LogP contribution in [0.1, 0.15) is 72.2 Å². The smallest absolute Gasteiger partial charge is 0.0714 e. The molecule has 1 heteroatoms. The van der Waals surface area contributed by atoms with Gasteiger partial charge in [0.15, 0.2) is 0 Å². The molecular formula is C59H45N. The van der Waals surface area contributed by atoms with Crippen molar-refractivity contribution >= 4 is 27.8 Å². The van der Waals surface area contributed by atoms with Crippen LogP contribution in [-0.2, 0) is 16.2 Å². The lowest BCUT2D eigenvalue weighted by molar-refractivity contribution is 0.660. The Labute approximate surface area is 353 Å². The molecule has 1 nitrogen and oxygen atoms in total. The average Bonchev–Trinajstić information content (AvgIpc) is 3.83. The zero-order valence-electron chi connectivity index (χ0n) is 34.5. The topological polar surface area (TPSA) is 3.24 Å². The van der Waals surface area contributed by atoms with Crippen LogP contribution >= 0.6 is 0 Å². The van der Waals surface area contributed by atoms with Gasteiger partial charge in [-0.25, -0.2) is 0 Å². The van der Waals surface area contributed by atoms with Crippen LogP contribution in [0.25, 0.3) is 44.2 Å². The molecule has 0 saturated heterocycles. The van der Waals surface area contributed by atoms with Crippen LogP contribution in [0, 0.1) is 0 Å². The van der Waals surface area contributed by atoms with Gasteiger partial charge in [0, 0.05) is 27.6 Å². The molecule has 0 spiro atoms. The highest BCUT2D eigenvalue weighted by Gasteiger charge is 2.47. The fourth-order valence-electron chi connectivity index (χ4n) is 11.7. The van der Waals surface area contributed by atoms with Crippen LogP contribution in [0.15, 0.2) is 200 Å². The molecule has 0 heterocycles. The number of fused-ring (bicyclic) bond motifs is 11. The summed E-state index contributed by atoms with van der Waals surface area (Å²) in [6.07, 6.45) is 0. The van der Waals surface area contributed by atoms with Crippen molar-refractivity contribution < 1.29 is 0 Å². The number of nitrogens with zero attached hydrogens (tertiary/aromatic N) is 1. The monoisotopic (exact) mass is 767 g/mol. The fraction of sp³-hybridized carbons (Fsp3) is 0.119. The van der Waals surface area contributed by atoms with Crippen LogP contribution < -0.4 is 4.90 Å². The van der Waals surface area contributed by atoms with Gasteiger partial charge in [-0.1, -0.05) is 204 Å². The van der Waals surface area contributed by atoms with Crippen LogP contribution in [0.5, 0.6) is 0 Å². The van der Waals surface area contributed by atoms with E-state index in [9.17, 15) is 0 Å². The molecule has 0 bridgehead atoms. The van der Waals surface area contributed by atoms with Crippen LogP contribution in [0.3, 0.4) is 0 Å². The Morgan fingerprint density at radius 1 is 0.350 bits per heavy atom. The molecule has 0 fully saturated rings. The zero-order chi connectivity index (χ0) is 40.4. The number of hydrogen-bond acceptors (Lipinski definition) is 1. The van der Waals surface area contributed by atoms with Gasteiger partial charge in [0.05, 0.1) is 16.8 Å². The van der Waals surface area contributed by atoms with Crippen LogP contribution in [-0.4, -0.2) is 0 Å². The summed E-state index contributed by atoms with van der Waals surface area (Å²) in [5.41, 5.74) is 21.2. The number of rotatable bonds is 5. The van der Waals surface area contributed by atoms with Crippen molar-refractivity contribution in [3.05, 3.63) is 245 Å². The van der Waals surface area contributed by atoms with E-state index in [1.54, 1.807) is 0 Å². The van der Waals surface area contributed by atoms with Gasteiger partial charge < -0.3 is 4.90 Å². The second-order valence-electron chi connectivity index (χ2n) is 18.0. The minimum Gasteiger partial charge on any atom is -0.309 e. The molecular weight excluding hydrogens is 723 g/mol. The Kier molecular flexibility index (Phi) is 7.31. The minimum absolute atomic E-state index is 0.149. The van der Waals surface area contributed by atoms with E-state index in [0.717, 1.165) is 5.69 Å². The lowest BCUT2D eigenvalue weighted by Crippen LogP contribution is -2.29. The normalized spacial score (nSPS) is 15.4. The lowest BCUT2D eigenvalue weighted by Gasteiger charge is -2.36. The number of hydrogen-bond donors (Lipinski definition) is 0. The van der Waals surface area contributed by atoms with Gasteiger partial charge in [-0.3, -0.25) is 0 Å². The summed E-state index contributed by atoms with van der Waals surface area (Å²) in [5, 5.41) is 2.57. The largest absolute Gasteiger partial charge is 0.309 e. The molecule has 0 amide bonds. The zero-order valence-corrected chi connectivity index (χ0v) is 34.5. The summed E-state index contributed by atoms with van der Waals surface area (Å²) in [5.74, 6) is 0. The highest BCUT2D eigenvalue weighted by atomic mass is 15.1. The highest BCUT2D eigenvalue weighted by molar-refractivity contribution is 6.07. The molecule has 0 N–H and O–H groups in total. The van der Waals surface area contributed by atoms with Gasteiger partial charge in [-0.2, -0.15) is 0 Å². The summed E-state index contributed by atoms with van der Waals surface area (Å²) in [6, 6.07) is 75.5. The highest BCUT2D eigenvalue weighted by Crippen LogP contribution is 2.61. The molecule has 0 saturated carbocycles. The maximum absolute atomic E-state index is 2.62. The molecule has 9 aromatic rings. The third kappa shape index (κ3) is 4.53. The van der Waals surface area contributed by atoms with Gasteiger partial charge in [0.1, 0.15) is 0 Å². The number of anilines is 3. The average molecular weight is 768 g/mol. The summed E-state index contributed by atoms with van der Waals surface area (Å²) < 4.78 is 0. The molecule has 0 aliphatic heterocycles. The van der Waals surface area contributed by atoms with Crippen molar-refractivity contribution in [1.29, 1.82) is 0 Å². The van der Waals surface area contributed by atoms with Gasteiger partial charge in [-0.05, 0) is 102 Å². The molecule has 0 unspecified atom stereocenters. The molecule has 60 heavy (non-hydrogen) atoms. The van der Waals surface area contributed by atoms with E-state index >= 15 is 0 Å². The summed E-state index contributed by atoms with van der Waals surface area (Å²) >= 11 is 0. The molecule has 12 rings (SSSR count). The first kappa shape index (κ1) is 35.0. The first-order valence-electron chi connectivity index (χ1n) is 21.4. The fourth-order valence-corrected chi connectivity index (χ4v) is 11.7. The van der Waals surface area contributed by atoms with Gasteiger partial charge in [0.25, 0.3) is 0 Å². The van der Waals surface area contributed by atoms with E-state index < -0.39 is 5.41 Å². The third-order valence-electron chi connectivity index (χ3n) is 14.3. The van der Waals surface area contributed by atoms with Gasteiger partial charge >= 0.3 is 0 Å². The molecule has 3 aliphatic carbocycles. The molecule has 0 radical (unpaired) electrons. The quantitative estimate of drug-likeness (QED) is 0.169. The van der Waals surface area contributed by atoms with Crippen molar-refractivity contribution in [3.63, 3.8) is 0 Å². The minimum atomic E-state index is -0.525. The Bertz CT molecular complexity index is 3170. The second kappa shape index (κ2) is 12.5. The summed E-state index contributed by atoms with van der Waals surface area (Å²) in [6.45, 7) is 9.60. The summed E-state index contributed by atoms with van der Waals surface area (Å²) in [4.78, 5) is 2.62. The van der Waals surface area contributed by atoms with Crippen LogP contribution in [0.4, 0.5) is 17.1 Å². The van der Waals surface area contributed by atoms with Crippen molar-refractivity contribution in [2.75, 3.05) is 4.90 Å². The van der Waals surface area contributed by atoms with Crippen molar-refractivity contribution in [2.24, 2.45) is 0 Å². The van der Waals surface area contributed by atoms with E-state index in [-0.39, 0.29) is 10.8 Å². The number of benzene rings is 9. The summed E-state index contributed by atoms with van der Waals surface area (Å²) in [7, 11) is 0. The molecule has 3 aliphatic rings. The standard InChI is InChI=1S/C59H45N/c1-57(2)47-30-14-12-28-45(47)54-51(57)34-19-35-52(54)60(53-36-38-20-8-9-25-42(38)56-55(53)46-29-13-15-31-48(46)58(56,3)4)41-24-18-23-40(37-41)59(39-21-6-5-7-22-39)49-32-16-10-26-43(49)44-27-11-17-33-50(44)59/h5-37H,1-4H3. The van der Waals surface area contributed by atoms with Crippen molar-refractivity contribution in [1.82, 2.24) is 0 Å². The maximum atomic E-state index is 2.62. The van der Waals surface area contributed by atoms with E-state index in [1.807, 2.05) is 0 Å². The first-order valence-corrected chi connectivity index (χ1v) is 21.4. The second-order valence-corrected chi connectivity index (χ2v) is 18.0. The van der Waals surface area contributed by atoms with Crippen molar-refractivity contribution in [2.45, 2.75) is 43.9 Å². The van der Waals surface area contributed by atoms with Gasteiger partial charge in [-0.15, -0.1) is 0 Å². The van der Waals surface area contributed by atoms with Crippen LogP contribution in [0.2, 0.25) is 0 Å². The SMILES string of the molecule is CC1(C)c2ccccc2-c2c(N(c3cccc(C4(c5ccccc5)c5ccccc5-c5ccccc54)c3)c3cc4ccccc4c4c3-c3ccccc3C4(C)C)cccc21. The van der Waals surface area contributed by atoms with E-state index in [0.29, 0.717) is 0 Å². The van der Waals surface area contributed by atoms with E-state index in [4.69, 9.17) is 0 Å². The predicted octanol–water partition coefficient (Wildman–Crippen LogP) is 15.3. The molecule has 0 atom stereocenters. The van der Waals surface area contributed by atoms with E-state index in [1.165, 1.54) is 100 Å². The molecule has 9 aromatic carbocycles. The Morgan fingerprint density at radius 2 is 0.867 bits per heavy atom. The molecule has 286 valence electrons. The van der Waals surface area contributed by atoms with Crippen molar-refractivity contribution in [3.8, 4) is 33.4 Å². The molecule has 0 aromatic heterocycles. The first-order chi connectivity index (χ1) is 29.3. The lowest BCUT2D eigenvalue weighted by atomic mass is 9.67.